The maximum atomic E-state index is 5.31. The van der Waals surface area contributed by atoms with Crippen LogP contribution in [0, 0.1) is 13.8 Å². The lowest BCUT2D eigenvalue weighted by Gasteiger charge is -2.11. The summed E-state index contributed by atoms with van der Waals surface area (Å²) >= 11 is 5.31. The second-order valence-electron chi connectivity index (χ2n) is 5.64. The SMILES string of the molecule is Cc1cccc(NC(=S)NN=Cc2cccc3ccccc23)c1C. The molecule has 0 aromatic heterocycles. The van der Waals surface area contributed by atoms with Gasteiger partial charge in [0.15, 0.2) is 5.11 Å². The van der Waals surface area contributed by atoms with E-state index in [2.05, 4.69) is 54.0 Å². The molecule has 120 valence electrons. The molecule has 0 amide bonds. The van der Waals surface area contributed by atoms with Gasteiger partial charge in [0.2, 0.25) is 0 Å². The summed E-state index contributed by atoms with van der Waals surface area (Å²) < 4.78 is 0. The maximum absolute atomic E-state index is 5.31. The standard InChI is InChI=1S/C20H19N3S/c1-14-7-5-12-19(15(14)2)22-20(24)23-21-13-17-10-6-9-16-8-3-4-11-18(16)17/h3-13H,1-2H3,(H2,22,23,24). The molecule has 0 radical (unpaired) electrons. The molecular weight excluding hydrogens is 314 g/mol. The van der Waals surface area contributed by atoms with Gasteiger partial charge in [0.25, 0.3) is 0 Å². The van der Waals surface area contributed by atoms with Crippen molar-refractivity contribution in [2.24, 2.45) is 5.10 Å². The van der Waals surface area contributed by atoms with E-state index in [9.17, 15) is 0 Å². The molecule has 0 spiro atoms. The number of nitrogens with one attached hydrogen (secondary N) is 2. The van der Waals surface area contributed by atoms with Crippen molar-refractivity contribution < 1.29 is 0 Å². The number of thiocarbonyl (C=S) groups is 1. The molecule has 3 aromatic carbocycles. The molecule has 3 rings (SSSR count). The summed E-state index contributed by atoms with van der Waals surface area (Å²) in [6.07, 6.45) is 1.79. The van der Waals surface area contributed by atoms with E-state index in [1.54, 1.807) is 6.21 Å². The molecule has 0 heterocycles. The van der Waals surface area contributed by atoms with Gasteiger partial charge in [-0.2, -0.15) is 5.10 Å². The number of hydrogen-bond acceptors (Lipinski definition) is 2. The van der Waals surface area contributed by atoms with E-state index in [1.165, 1.54) is 21.9 Å². The Hall–Kier alpha value is -2.72. The average molecular weight is 333 g/mol. The van der Waals surface area contributed by atoms with Gasteiger partial charge < -0.3 is 5.32 Å². The zero-order valence-corrected chi connectivity index (χ0v) is 14.5. The summed E-state index contributed by atoms with van der Waals surface area (Å²) in [6.45, 7) is 4.15. The molecule has 0 atom stereocenters. The Kier molecular flexibility index (Phi) is 4.87. The lowest BCUT2D eigenvalue weighted by atomic mass is 10.1. The van der Waals surface area contributed by atoms with Crippen LogP contribution in [0.1, 0.15) is 16.7 Å². The van der Waals surface area contributed by atoms with Crippen molar-refractivity contribution in [1.82, 2.24) is 5.43 Å². The van der Waals surface area contributed by atoms with Crippen LogP contribution in [0.15, 0.2) is 65.8 Å². The van der Waals surface area contributed by atoms with Crippen LogP contribution >= 0.6 is 12.2 Å². The molecule has 0 fully saturated rings. The number of hydrogen-bond donors (Lipinski definition) is 2. The summed E-state index contributed by atoms with van der Waals surface area (Å²) in [4.78, 5) is 0. The van der Waals surface area contributed by atoms with Crippen molar-refractivity contribution in [1.29, 1.82) is 0 Å². The largest absolute Gasteiger partial charge is 0.331 e. The molecule has 24 heavy (non-hydrogen) atoms. The first-order chi connectivity index (χ1) is 11.6. The van der Waals surface area contributed by atoms with E-state index in [0.29, 0.717) is 5.11 Å². The third kappa shape index (κ3) is 3.60. The van der Waals surface area contributed by atoms with Crippen LogP contribution in [-0.4, -0.2) is 11.3 Å². The molecule has 0 bridgehead atoms. The van der Waals surface area contributed by atoms with Crippen LogP contribution in [0.3, 0.4) is 0 Å². The van der Waals surface area contributed by atoms with Gasteiger partial charge in [-0.05, 0) is 54.0 Å². The highest BCUT2D eigenvalue weighted by Gasteiger charge is 2.02. The van der Waals surface area contributed by atoms with Gasteiger partial charge in [-0.15, -0.1) is 0 Å². The molecule has 0 unspecified atom stereocenters. The molecule has 0 saturated heterocycles. The van der Waals surface area contributed by atoms with Crippen molar-refractivity contribution in [2.75, 3.05) is 5.32 Å². The number of nitrogens with zero attached hydrogens (tertiary/aromatic N) is 1. The van der Waals surface area contributed by atoms with E-state index >= 15 is 0 Å². The Labute approximate surface area is 147 Å². The summed E-state index contributed by atoms with van der Waals surface area (Å²) in [5.41, 5.74) is 7.33. The molecular formula is C20H19N3S. The first-order valence-electron chi connectivity index (χ1n) is 7.79. The fourth-order valence-electron chi connectivity index (χ4n) is 2.56. The fraction of sp³-hybridized carbons (Fsp3) is 0.100. The van der Waals surface area contributed by atoms with Crippen LogP contribution in [0.2, 0.25) is 0 Å². The number of rotatable bonds is 3. The normalized spacial score (nSPS) is 10.9. The lowest BCUT2D eigenvalue weighted by molar-refractivity contribution is 1.05. The predicted octanol–water partition coefficient (Wildman–Crippen LogP) is 4.78. The zero-order chi connectivity index (χ0) is 16.9. The lowest BCUT2D eigenvalue weighted by Crippen LogP contribution is -2.24. The van der Waals surface area contributed by atoms with Gasteiger partial charge in [-0.3, -0.25) is 5.43 Å². The minimum absolute atomic E-state index is 0.472. The van der Waals surface area contributed by atoms with Gasteiger partial charge in [-0.25, -0.2) is 0 Å². The molecule has 0 saturated carbocycles. The van der Waals surface area contributed by atoms with Gasteiger partial charge in [0.05, 0.1) is 6.21 Å². The number of fused-ring (bicyclic) bond motifs is 1. The second-order valence-corrected chi connectivity index (χ2v) is 6.05. The van der Waals surface area contributed by atoms with Crippen LogP contribution < -0.4 is 10.7 Å². The van der Waals surface area contributed by atoms with E-state index in [-0.39, 0.29) is 0 Å². The summed E-state index contributed by atoms with van der Waals surface area (Å²) in [7, 11) is 0. The summed E-state index contributed by atoms with van der Waals surface area (Å²) in [5, 5.41) is 10.3. The van der Waals surface area contributed by atoms with Crippen molar-refractivity contribution in [2.45, 2.75) is 13.8 Å². The summed E-state index contributed by atoms with van der Waals surface area (Å²) in [5.74, 6) is 0. The van der Waals surface area contributed by atoms with Crippen molar-refractivity contribution >= 4 is 40.0 Å². The van der Waals surface area contributed by atoms with Crippen LogP contribution in [0.25, 0.3) is 10.8 Å². The Morgan fingerprint density at radius 1 is 0.958 bits per heavy atom. The predicted molar refractivity (Wildman–Crippen MR) is 107 cm³/mol. The monoisotopic (exact) mass is 333 g/mol. The average Bonchev–Trinajstić information content (AvgIpc) is 2.59. The van der Waals surface area contributed by atoms with E-state index in [1.807, 2.05) is 36.4 Å². The highest BCUT2D eigenvalue weighted by molar-refractivity contribution is 7.80. The number of hydrazone groups is 1. The number of anilines is 1. The van der Waals surface area contributed by atoms with Gasteiger partial charge >= 0.3 is 0 Å². The zero-order valence-electron chi connectivity index (χ0n) is 13.7. The van der Waals surface area contributed by atoms with Gasteiger partial charge in [0.1, 0.15) is 0 Å². The van der Waals surface area contributed by atoms with Gasteiger partial charge in [-0.1, -0.05) is 54.6 Å². The molecule has 3 aromatic rings. The quantitative estimate of drug-likeness (QED) is 0.411. The van der Waals surface area contributed by atoms with Crippen LogP contribution in [0.5, 0.6) is 0 Å². The van der Waals surface area contributed by atoms with Crippen LogP contribution in [-0.2, 0) is 0 Å². The maximum Gasteiger partial charge on any atom is 0.191 e. The van der Waals surface area contributed by atoms with E-state index in [4.69, 9.17) is 12.2 Å². The Balaban J connectivity index is 1.69. The first kappa shape index (κ1) is 16.1. The minimum atomic E-state index is 0.472. The minimum Gasteiger partial charge on any atom is -0.331 e. The highest BCUT2D eigenvalue weighted by atomic mass is 32.1. The molecule has 2 N–H and O–H groups in total. The smallest absolute Gasteiger partial charge is 0.191 e. The fourth-order valence-corrected chi connectivity index (χ4v) is 2.72. The Bertz CT molecular complexity index is 910. The number of benzene rings is 3. The topological polar surface area (TPSA) is 36.4 Å². The van der Waals surface area contributed by atoms with E-state index < -0.39 is 0 Å². The van der Waals surface area contributed by atoms with Crippen molar-refractivity contribution in [3.8, 4) is 0 Å². The van der Waals surface area contributed by atoms with Gasteiger partial charge in [0, 0.05) is 11.3 Å². The Morgan fingerprint density at radius 3 is 2.58 bits per heavy atom. The van der Waals surface area contributed by atoms with Crippen molar-refractivity contribution in [3.05, 3.63) is 77.4 Å². The molecule has 3 nitrogen and oxygen atoms in total. The highest BCUT2D eigenvalue weighted by Crippen LogP contribution is 2.18. The van der Waals surface area contributed by atoms with Crippen molar-refractivity contribution in [3.63, 3.8) is 0 Å². The summed E-state index contributed by atoms with van der Waals surface area (Å²) in [6, 6.07) is 20.5. The van der Waals surface area contributed by atoms with Crippen LogP contribution in [0.4, 0.5) is 5.69 Å². The third-order valence-corrected chi connectivity index (χ3v) is 4.24. The molecule has 0 aliphatic carbocycles. The second kappa shape index (κ2) is 7.23. The Morgan fingerprint density at radius 2 is 1.71 bits per heavy atom. The number of aryl methyl sites for hydroxylation is 1. The molecule has 0 aliphatic heterocycles. The molecule has 0 aliphatic rings. The van der Waals surface area contributed by atoms with E-state index in [0.717, 1.165) is 11.3 Å². The molecule has 4 heteroatoms. The third-order valence-electron chi connectivity index (χ3n) is 4.05. The first-order valence-corrected chi connectivity index (χ1v) is 8.20.